The minimum atomic E-state index is -4.52. The lowest BCUT2D eigenvalue weighted by molar-refractivity contribution is -0.138. The van der Waals surface area contributed by atoms with E-state index in [0.717, 1.165) is 18.2 Å². The van der Waals surface area contributed by atoms with Gasteiger partial charge in [-0.1, -0.05) is 0 Å². The van der Waals surface area contributed by atoms with Gasteiger partial charge in [0.15, 0.2) is 5.78 Å². The number of halogens is 3. The molecule has 0 aromatic heterocycles. The molecule has 110 valence electrons. The Balaban J connectivity index is 2.90. The summed E-state index contributed by atoms with van der Waals surface area (Å²) in [6.45, 7) is 0. The van der Waals surface area contributed by atoms with Crippen molar-refractivity contribution in [1.29, 1.82) is 0 Å². The highest BCUT2D eigenvalue weighted by molar-refractivity contribution is 5.98. The number of Topliss-reactive ketones (excluding diaryl/α,β-unsaturated/α-hetero) is 1. The quantitative estimate of drug-likeness (QED) is 0.817. The van der Waals surface area contributed by atoms with Gasteiger partial charge in [-0.25, -0.2) is 0 Å². The number of carbonyl (C=O) groups is 2. The lowest BCUT2D eigenvalue weighted by atomic mass is 10.0. The molecule has 0 saturated carbocycles. The lowest BCUT2D eigenvalue weighted by Crippen LogP contribution is -2.08. The summed E-state index contributed by atoms with van der Waals surface area (Å²) in [6, 6.07) is 2.60. The average Bonchev–Trinajstić information content (AvgIpc) is 2.36. The number of ketones is 1. The van der Waals surface area contributed by atoms with Gasteiger partial charge in [0.2, 0.25) is 0 Å². The van der Waals surface area contributed by atoms with E-state index in [1.165, 1.54) is 7.11 Å². The lowest BCUT2D eigenvalue weighted by Gasteiger charge is -2.11. The fourth-order valence-electron chi connectivity index (χ4n) is 1.63. The van der Waals surface area contributed by atoms with E-state index in [1.807, 2.05) is 0 Å². The second-order valence-corrected chi connectivity index (χ2v) is 4.08. The average molecular weight is 290 g/mol. The number of rotatable bonds is 6. The molecule has 4 nitrogen and oxygen atoms in total. The summed E-state index contributed by atoms with van der Waals surface area (Å²) < 4.78 is 42.4. The van der Waals surface area contributed by atoms with E-state index in [2.05, 4.69) is 0 Å². The fourth-order valence-corrected chi connectivity index (χ4v) is 1.63. The Bertz CT molecular complexity index is 509. The first-order valence-electron chi connectivity index (χ1n) is 5.76. The molecule has 0 amide bonds. The fraction of sp³-hybridized carbons (Fsp3) is 0.385. The maximum atomic E-state index is 12.5. The van der Waals surface area contributed by atoms with E-state index >= 15 is 0 Å². The first-order chi connectivity index (χ1) is 9.25. The minimum absolute atomic E-state index is 0.0193. The van der Waals surface area contributed by atoms with Crippen molar-refractivity contribution in [3.63, 3.8) is 0 Å². The number of aliphatic carboxylic acids is 1. The zero-order chi connectivity index (χ0) is 15.3. The first kappa shape index (κ1) is 16.0. The number of carbonyl (C=O) groups excluding carboxylic acids is 1. The molecule has 0 aliphatic heterocycles. The zero-order valence-electron chi connectivity index (χ0n) is 10.7. The van der Waals surface area contributed by atoms with Crippen molar-refractivity contribution in [2.75, 3.05) is 7.11 Å². The van der Waals surface area contributed by atoms with Crippen molar-refractivity contribution < 1.29 is 32.6 Å². The number of hydrogen-bond acceptors (Lipinski definition) is 3. The van der Waals surface area contributed by atoms with Crippen molar-refractivity contribution >= 4 is 11.8 Å². The second kappa shape index (κ2) is 6.40. The van der Waals surface area contributed by atoms with Crippen LogP contribution >= 0.6 is 0 Å². The molecule has 0 heterocycles. The first-order valence-corrected chi connectivity index (χ1v) is 5.76. The number of ether oxygens (including phenoxy) is 1. The topological polar surface area (TPSA) is 63.6 Å². The van der Waals surface area contributed by atoms with E-state index in [4.69, 9.17) is 9.84 Å². The number of carboxylic acid groups (broad SMARTS) is 1. The summed E-state index contributed by atoms with van der Waals surface area (Å²) in [4.78, 5) is 22.1. The Hall–Kier alpha value is -2.05. The van der Waals surface area contributed by atoms with E-state index in [1.54, 1.807) is 0 Å². The molecule has 7 heteroatoms. The second-order valence-electron chi connectivity index (χ2n) is 4.08. The van der Waals surface area contributed by atoms with Gasteiger partial charge in [-0.15, -0.1) is 0 Å². The Labute approximate surface area is 113 Å². The largest absolute Gasteiger partial charge is 0.496 e. The molecule has 1 N–H and O–H groups in total. The third-order valence-corrected chi connectivity index (χ3v) is 2.62. The zero-order valence-corrected chi connectivity index (χ0v) is 10.7. The molecule has 0 saturated heterocycles. The van der Waals surface area contributed by atoms with Gasteiger partial charge < -0.3 is 9.84 Å². The third kappa shape index (κ3) is 4.25. The van der Waals surface area contributed by atoms with Gasteiger partial charge in [0.1, 0.15) is 5.75 Å². The number of benzene rings is 1. The minimum Gasteiger partial charge on any atom is -0.496 e. The van der Waals surface area contributed by atoms with Gasteiger partial charge in [0, 0.05) is 12.8 Å². The summed E-state index contributed by atoms with van der Waals surface area (Å²) >= 11 is 0. The monoisotopic (exact) mass is 290 g/mol. The Morgan fingerprint density at radius 2 is 1.90 bits per heavy atom. The molecule has 0 spiro atoms. The molecule has 0 bridgehead atoms. The maximum absolute atomic E-state index is 12.5. The maximum Gasteiger partial charge on any atom is 0.416 e. The van der Waals surface area contributed by atoms with Gasteiger partial charge in [0.25, 0.3) is 0 Å². The van der Waals surface area contributed by atoms with Crippen LogP contribution in [0.3, 0.4) is 0 Å². The van der Waals surface area contributed by atoms with Crippen molar-refractivity contribution in [2.45, 2.75) is 25.4 Å². The highest BCUT2D eigenvalue weighted by Gasteiger charge is 2.31. The highest BCUT2D eigenvalue weighted by Crippen LogP contribution is 2.33. The summed E-state index contributed by atoms with van der Waals surface area (Å²) in [6.07, 6.45) is -4.63. The van der Waals surface area contributed by atoms with Crippen LogP contribution in [0.15, 0.2) is 18.2 Å². The van der Waals surface area contributed by atoms with Crippen LogP contribution in [0.25, 0.3) is 0 Å². The van der Waals surface area contributed by atoms with E-state index in [0.29, 0.717) is 0 Å². The normalized spacial score (nSPS) is 11.2. The molecular weight excluding hydrogens is 277 g/mol. The number of hydrogen-bond donors (Lipinski definition) is 1. The van der Waals surface area contributed by atoms with Gasteiger partial charge >= 0.3 is 12.1 Å². The standard InChI is InChI=1S/C13H13F3O4/c1-20-11-7-8(13(14,15)16)5-6-9(11)10(17)3-2-4-12(18)19/h5-7H,2-4H2,1H3,(H,18,19). The number of carboxylic acids is 1. The van der Waals surface area contributed by atoms with E-state index < -0.39 is 23.5 Å². The molecular formula is C13H13F3O4. The van der Waals surface area contributed by atoms with E-state index in [-0.39, 0.29) is 30.6 Å². The predicted molar refractivity (Wildman–Crippen MR) is 63.8 cm³/mol. The summed E-state index contributed by atoms with van der Waals surface area (Å²) in [7, 11) is 1.17. The van der Waals surface area contributed by atoms with Gasteiger partial charge in [-0.3, -0.25) is 9.59 Å². The summed E-state index contributed by atoms with van der Waals surface area (Å²) in [5.74, 6) is -1.64. The molecule has 20 heavy (non-hydrogen) atoms. The molecule has 0 aliphatic rings. The molecule has 0 atom stereocenters. The van der Waals surface area contributed by atoms with Crippen molar-refractivity contribution in [3.05, 3.63) is 29.3 Å². The molecule has 1 rings (SSSR count). The molecule has 0 unspecified atom stereocenters. The smallest absolute Gasteiger partial charge is 0.416 e. The van der Waals surface area contributed by atoms with Crippen molar-refractivity contribution in [3.8, 4) is 5.75 Å². The van der Waals surface area contributed by atoms with Crippen LogP contribution in [-0.2, 0) is 11.0 Å². The SMILES string of the molecule is COc1cc(C(F)(F)F)ccc1C(=O)CCCC(=O)O. The third-order valence-electron chi connectivity index (χ3n) is 2.62. The molecule has 0 fully saturated rings. The van der Waals surface area contributed by atoms with Gasteiger partial charge in [-0.2, -0.15) is 13.2 Å². The van der Waals surface area contributed by atoms with Crippen LogP contribution in [0.1, 0.15) is 35.2 Å². The number of methoxy groups -OCH3 is 1. The van der Waals surface area contributed by atoms with Crippen LogP contribution in [-0.4, -0.2) is 24.0 Å². The highest BCUT2D eigenvalue weighted by atomic mass is 19.4. The van der Waals surface area contributed by atoms with E-state index in [9.17, 15) is 22.8 Å². The predicted octanol–water partition coefficient (Wildman–Crippen LogP) is 3.15. The van der Waals surface area contributed by atoms with Gasteiger partial charge in [-0.05, 0) is 24.6 Å². The Morgan fingerprint density at radius 1 is 1.25 bits per heavy atom. The van der Waals surface area contributed by atoms with Gasteiger partial charge in [0.05, 0.1) is 18.2 Å². The molecule has 1 aromatic rings. The Kier molecular flexibility index (Phi) is 5.12. The van der Waals surface area contributed by atoms with Crippen LogP contribution < -0.4 is 4.74 Å². The van der Waals surface area contributed by atoms with Crippen LogP contribution in [0.5, 0.6) is 5.75 Å². The molecule has 0 radical (unpaired) electrons. The van der Waals surface area contributed by atoms with Crippen molar-refractivity contribution in [2.24, 2.45) is 0 Å². The van der Waals surface area contributed by atoms with Crippen LogP contribution in [0, 0.1) is 0 Å². The molecule has 0 aliphatic carbocycles. The number of alkyl halides is 3. The summed E-state index contributed by atoms with van der Waals surface area (Å²) in [5, 5.41) is 8.46. The van der Waals surface area contributed by atoms with Crippen molar-refractivity contribution in [1.82, 2.24) is 0 Å². The van der Waals surface area contributed by atoms with Crippen LogP contribution in [0.2, 0.25) is 0 Å². The van der Waals surface area contributed by atoms with Crippen LogP contribution in [0.4, 0.5) is 13.2 Å². The molecule has 1 aromatic carbocycles. The Morgan fingerprint density at radius 3 is 2.40 bits per heavy atom. The summed E-state index contributed by atoms with van der Waals surface area (Å²) in [5.41, 5.74) is -0.887.